The summed E-state index contributed by atoms with van der Waals surface area (Å²) in [6, 6.07) is 37.4. The van der Waals surface area contributed by atoms with Gasteiger partial charge in [0.25, 0.3) is 0 Å². The number of carbonyl (C=O) groups excluding carboxylic acids is 2. The number of urea groups is 2. The molecule has 6 aromatic rings. The molecule has 4 amide bonds. The van der Waals surface area contributed by atoms with E-state index in [1.807, 2.05) is 72.8 Å². The molecule has 0 fully saturated rings. The summed E-state index contributed by atoms with van der Waals surface area (Å²) in [6.45, 7) is 0. The van der Waals surface area contributed by atoms with Crippen LogP contribution >= 0.6 is 23.2 Å². The third-order valence-corrected chi connectivity index (χ3v) is 7.83. The molecule has 242 valence electrons. The Morgan fingerprint density at radius 1 is 0.583 bits per heavy atom. The molecular formula is C37H30Cl2N4O5. The highest BCUT2D eigenvalue weighted by Gasteiger charge is 2.13. The minimum Gasteiger partial charge on any atom is -0.506 e. The second kappa shape index (κ2) is 15.6. The zero-order chi connectivity index (χ0) is 34.0. The molecule has 0 spiro atoms. The normalized spacial score (nSPS) is 10.3. The highest BCUT2D eigenvalue weighted by Crippen LogP contribution is 2.37. The first kappa shape index (κ1) is 33.5. The maximum Gasteiger partial charge on any atom is 0.323 e. The van der Waals surface area contributed by atoms with E-state index in [1.54, 1.807) is 42.5 Å². The predicted molar refractivity (Wildman–Crippen MR) is 194 cm³/mol. The zero-order valence-corrected chi connectivity index (χ0v) is 27.0. The Bertz CT molecular complexity index is 2060. The van der Waals surface area contributed by atoms with Gasteiger partial charge in [-0.2, -0.15) is 0 Å². The molecule has 0 unspecified atom stereocenters. The van der Waals surface area contributed by atoms with Gasteiger partial charge in [0.05, 0.1) is 29.2 Å². The standard InChI is InChI=1S/C19H14Cl2N2O2.C18H16N2O3/c20-15-10-11-16(18(24)17(15)21)23-19(25)22-14-8-6-13(7-9-14)12-4-2-1-3-5-12;1-23-17-9-5-4-8-14(17)19-18(22)20-15-10-12-6-2-3-7-13(12)11-16(15)21/h1-11,24H,(H2,22,23,25);2-11,21H,1H3,(H2,19,20,22). The molecule has 0 saturated carbocycles. The SMILES string of the molecule is COc1ccccc1NC(=O)Nc1cc2ccccc2cc1O.O=C(Nc1ccc(-c2ccccc2)cc1)Nc1ccc(Cl)c(Cl)c1O. The third-order valence-electron chi connectivity index (χ3n) is 7.03. The summed E-state index contributed by atoms with van der Waals surface area (Å²) in [5.41, 5.74) is 3.83. The number of fused-ring (bicyclic) bond motifs is 1. The second-order valence-electron chi connectivity index (χ2n) is 10.3. The molecule has 0 bridgehead atoms. The summed E-state index contributed by atoms with van der Waals surface area (Å²) < 4.78 is 5.19. The van der Waals surface area contributed by atoms with E-state index in [1.165, 1.54) is 19.2 Å². The topological polar surface area (TPSA) is 132 Å². The average molecular weight is 682 g/mol. The minimum absolute atomic E-state index is 0.00770. The van der Waals surface area contributed by atoms with Gasteiger partial charge in [-0.15, -0.1) is 0 Å². The number of phenols is 2. The zero-order valence-electron chi connectivity index (χ0n) is 25.5. The first-order valence-electron chi connectivity index (χ1n) is 14.5. The van der Waals surface area contributed by atoms with Crippen molar-refractivity contribution in [2.75, 3.05) is 28.4 Å². The van der Waals surface area contributed by atoms with Gasteiger partial charge in [0, 0.05) is 5.69 Å². The second-order valence-corrected chi connectivity index (χ2v) is 11.1. The van der Waals surface area contributed by atoms with Crippen LogP contribution in [0.1, 0.15) is 0 Å². The lowest BCUT2D eigenvalue weighted by molar-refractivity contribution is 0.261. The largest absolute Gasteiger partial charge is 0.506 e. The number of aromatic hydroxyl groups is 2. The lowest BCUT2D eigenvalue weighted by Gasteiger charge is -2.12. The van der Waals surface area contributed by atoms with Gasteiger partial charge in [-0.25, -0.2) is 9.59 Å². The number of halogens is 2. The van der Waals surface area contributed by atoms with Crippen LogP contribution in [0, 0.1) is 0 Å². The van der Waals surface area contributed by atoms with Crippen molar-refractivity contribution in [3.05, 3.63) is 137 Å². The lowest BCUT2D eigenvalue weighted by atomic mass is 10.1. The Labute approximate surface area is 286 Å². The van der Waals surface area contributed by atoms with Crippen molar-refractivity contribution in [2.24, 2.45) is 0 Å². The van der Waals surface area contributed by atoms with Crippen LogP contribution in [0.3, 0.4) is 0 Å². The molecule has 6 rings (SSSR count). The molecular weight excluding hydrogens is 651 g/mol. The number of phenolic OH excluding ortho intramolecular Hbond substituents is 2. The lowest BCUT2D eigenvalue weighted by Crippen LogP contribution is -2.19. The Kier molecular flexibility index (Phi) is 10.9. The number of methoxy groups -OCH3 is 1. The van der Waals surface area contributed by atoms with Crippen molar-refractivity contribution in [3.63, 3.8) is 0 Å². The number of hydrogen-bond acceptors (Lipinski definition) is 5. The monoisotopic (exact) mass is 680 g/mol. The molecule has 0 atom stereocenters. The number of rotatable bonds is 6. The van der Waals surface area contributed by atoms with Gasteiger partial charge < -0.3 is 36.2 Å². The molecule has 48 heavy (non-hydrogen) atoms. The summed E-state index contributed by atoms with van der Waals surface area (Å²) in [5.74, 6) is 0.299. The highest BCUT2D eigenvalue weighted by atomic mass is 35.5. The number of ether oxygens (including phenoxy) is 1. The Hall–Kier alpha value is -5.90. The fraction of sp³-hybridized carbons (Fsp3) is 0.0270. The number of benzene rings is 6. The van der Waals surface area contributed by atoms with Crippen LogP contribution in [0.5, 0.6) is 17.2 Å². The molecule has 0 aromatic heterocycles. The van der Waals surface area contributed by atoms with Crippen molar-refractivity contribution in [1.29, 1.82) is 0 Å². The Morgan fingerprint density at radius 3 is 1.85 bits per heavy atom. The summed E-state index contributed by atoms with van der Waals surface area (Å²) in [4.78, 5) is 24.2. The van der Waals surface area contributed by atoms with Crippen molar-refractivity contribution in [3.8, 4) is 28.4 Å². The van der Waals surface area contributed by atoms with Crippen LogP contribution < -0.4 is 26.0 Å². The molecule has 0 saturated heterocycles. The number of amides is 4. The molecule has 0 aliphatic heterocycles. The molecule has 0 aliphatic carbocycles. The van der Waals surface area contributed by atoms with Crippen LogP contribution in [0.15, 0.2) is 127 Å². The quantitative estimate of drug-likeness (QED) is 0.0974. The molecule has 6 N–H and O–H groups in total. The number of para-hydroxylation sites is 2. The van der Waals surface area contributed by atoms with Gasteiger partial charge in [-0.3, -0.25) is 0 Å². The first-order valence-corrected chi connectivity index (χ1v) is 15.3. The van der Waals surface area contributed by atoms with Gasteiger partial charge in [0.1, 0.15) is 16.5 Å². The third kappa shape index (κ3) is 8.47. The minimum atomic E-state index is -0.499. The van der Waals surface area contributed by atoms with Crippen molar-refractivity contribution >= 4 is 68.8 Å². The number of nitrogens with one attached hydrogen (secondary N) is 4. The van der Waals surface area contributed by atoms with E-state index in [0.29, 0.717) is 22.8 Å². The van der Waals surface area contributed by atoms with Gasteiger partial charge in [-0.1, -0.05) is 102 Å². The van der Waals surface area contributed by atoms with Crippen LogP contribution in [0.4, 0.5) is 32.3 Å². The van der Waals surface area contributed by atoms with Crippen LogP contribution in [0.25, 0.3) is 21.9 Å². The molecule has 9 nitrogen and oxygen atoms in total. The van der Waals surface area contributed by atoms with Gasteiger partial charge >= 0.3 is 12.1 Å². The summed E-state index contributed by atoms with van der Waals surface area (Å²) >= 11 is 11.6. The smallest absolute Gasteiger partial charge is 0.323 e. The van der Waals surface area contributed by atoms with Crippen LogP contribution in [-0.2, 0) is 0 Å². The van der Waals surface area contributed by atoms with E-state index < -0.39 is 12.1 Å². The fourth-order valence-electron chi connectivity index (χ4n) is 4.65. The number of anilines is 4. The van der Waals surface area contributed by atoms with Gasteiger partial charge in [0.2, 0.25) is 0 Å². The molecule has 11 heteroatoms. The van der Waals surface area contributed by atoms with Crippen LogP contribution in [-0.4, -0.2) is 29.4 Å². The van der Waals surface area contributed by atoms with E-state index in [9.17, 15) is 19.8 Å². The molecule has 0 radical (unpaired) electrons. The molecule has 0 heterocycles. The summed E-state index contributed by atoms with van der Waals surface area (Å²) in [6.07, 6.45) is 0. The van der Waals surface area contributed by atoms with Gasteiger partial charge in [0.15, 0.2) is 5.75 Å². The number of carbonyl (C=O) groups is 2. The van der Waals surface area contributed by atoms with Crippen molar-refractivity contribution < 1.29 is 24.5 Å². The van der Waals surface area contributed by atoms with E-state index in [0.717, 1.165) is 21.9 Å². The van der Waals surface area contributed by atoms with Crippen LogP contribution in [0.2, 0.25) is 10.0 Å². The fourth-order valence-corrected chi connectivity index (χ4v) is 4.97. The van der Waals surface area contributed by atoms with E-state index >= 15 is 0 Å². The maximum absolute atomic E-state index is 12.1. The maximum atomic E-state index is 12.1. The predicted octanol–water partition coefficient (Wildman–Crippen LogP) is 10.2. The Morgan fingerprint density at radius 2 is 1.15 bits per heavy atom. The van der Waals surface area contributed by atoms with E-state index in [2.05, 4.69) is 21.3 Å². The van der Waals surface area contributed by atoms with E-state index in [4.69, 9.17) is 27.9 Å². The van der Waals surface area contributed by atoms with Gasteiger partial charge in [-0.05, 0) is 70.4 Å². The highest BCUT2D eigenvalue weighted by molar-refractivity contribution is 6.43. The molecule has 6 aromatic carbocycles. The average Bonchev–Trinajstić information content (AvgIpc) is 3.10. The van der Waals surface area contributed by atoms with Crippen molar-refractivity contribution in [2.45, 2.75) is 0 Å². The molecule has 0 aliphatic rings. The Balaban J connectivity index is 0.000000188. The first-order chi connectivity index (χ1) is 23.2. The summed E-state index contributed by atoms with van der Waals surface area (Å²) in [7, 11) is 1.54. The summed E-state index contributed by atoms with van der Waals surface area (Å²) in [5, 5.41) is 32.6. The van der Waals surface area contributed by atoms with Crippen molar-refractivity contribution in [1.82, 2.24) is 0 Å². The van der Waals surface area contributed by atoms with E-state index in [-0.39, 0.29) is 27.2 Å². The number of hydrogen-bond donors (Lipinski definition) is 6.